The molecule has 0 aromatic carbocycles. The summed E-state index contributed by atoms with van der Waals surface area (Å²) < 4.78 is 0. The van der Waals surface area contributed by atoms with E-state index in [0.717, 1.165) is 17.2 Å². The maximum atomic E-state index is 11.0. The molecule has 1 heterocycles. The van der Waals surface area contributed by atoms with Gasteiger partial charge in [0.15, 0.2) is 0 Å². The molecule has 1 fully saturated rings. The number of rotatable bonds is 2. The zero-order valence-electron chi connectivity index (χ0n) is 7.32. The van der Waals surface area contributed by atoms with Crippen molar-refractivity contribution >= 4 is 17.7 Å². The number of hydrogen-bond acceptors (Lipinski definition) is 3. The molecule has 1 aliphatic heterocycles. The average Bonchev–Trinajstić information content (AvgIpc) is 2.44. The van der Waals surface area contributed by atoms with E-state index in [0.29, 0.717) is 0 Å². The van der Waals surface area contributed by atoms with Crippen LogP contribution < -0.4 is 5.32 Å². The van der Waals surface area contributed by atoms with Gasteiger partial charge in [-0.15, -0.1) is 0 Å². The number of likely N-dealkylation sites (tertiary alicyclic amines) is 1. The smallest absolute Gasteiger partial charge is 0.256 e. The predicted molar refractivity (Wildman–Crippen MR) is 47.2 cm³/mol. The highest BCUT2D eigenvalue weighted by Crippen LogP contribution is 2.11. The number of nitrogens with one attached hydrogen (secondary N) is 1. The largest absolute Gasteiger partial charge is 0.282 e. The topological polar surface area (TPSA) is 66.5 Å². The first kappa shape index (κ1) is 9.99. The molecule has 0 saturated carbocycles. The van der Waals surface area contributed by atoms with E-state index >= 15 is 0 Å². The average molecular weight is 192 g/mol. The maximum Gasteiger partial charge on any atom is 0.256 e. The van der Waals surface area contributed by atoms with Crippen LogP contribution in [0.2, 0.25) is 0 Å². The number of nitrogens with zero attached hydrogens (tertiary/aromatic N) is 1. The van der Waals surface area contributed by atoms with Crippen molar-refractivity contribution in [2.75, 3.05) is 0 Å². The van der Waals surface area contributed by atoms with E-state index in [1.54, 1.807) is 0 Å². The second-order valence-electron chi connectivity index (χ2n) is 2.61. The van der Waals surface area contributed by atoms with Crippen molar-refractivity contribution < 1.29 is 14.4 Å². The van der Waals surface area contributed by atoms with Crippen LogP contribution in [0, 0.1) is 12.5 Å². The van der Waals surface area contributed by atoms with E-state index in [4.69, 9.17) is 6.42 Å². The minimum Gasteiger partial charge on any atom is -0.282 e. The fraction of sp³-hybridized carbons (Fsp3) is 0.222. The molecule has 0 bridgehead atoms. The van der Waals surface area contributed by atoms with Crippen molar-refractivity contribution in [1.82, 2.24) is 10.2 Å². The van der Waals surface area contributed by atoms with Gasteiger partial charge in [-0.25, -0.2) is 0 Å². The van der Waals surface area contributed by atoms with Crippen LogP contribution in [-0.4, -0.2) is 22.6 Å². The summed E-state index contributed by atoms with van der Waals surface area (Å²) in [4.78, 5) is 33.8. The second kappa shape index (κ2) is 4.23. The van der Waals surface area contributed by atoms with Gasteiger partial charge in [0.2, 0.25) is 11.8 Å². The summed E-state index contributed by atoms with van der Waals surface area (Å²) in [7, 11) is 0. The van der Waals surface area contributed by atoms with Crippen molar-refractivity contribution in [3.05, 3.63) is 12.3 Å². The molecule has 3 amide bonds. The zero-order chi connectivity index (χ0) is 10.6. The van der Waals surface area contributed by atoms with Gasteiger partial charge in [0.05, 0.1) is 0 Å². The Labute approximate surface area is 80.8 Å². The Morgan fingerprint density at radius 3 is 2.50 bits per heavy atom. The van der Waals surface area contributed by atoms with Gasteiger partial charge in [-0.05, 0) is 0 Å². The molecule has 0 radical (unpaired) electrons. The third kappa shape index (κ3) is 2.20. The molecule has 5 heteroatoms. The Kier molecular flexibility index (Phi) is 3.02. The van der Waals surface area contributed by atoms with Crippen LogP contribution in [0.25, 0.3) is 0 Å². The molecule has 1 rings (SSSR count). The minimum atomic E-state index is -0.542. The number of carbonyl (C=O) groups excluding carboxylic acids is 3. The van der Waals surface area contributed by atoms with Gasteiger partial charge in [0.1, 0.15) is 0 Å². The summed E-state index contributed by atoms with van der Waals surface area (Å²) >= 11 is 0. The Hall–Kier alpha value is -2.09. The molecule has 0 aromatic heterocycles. The van der Waals surface area contributed by atoms with Crippen molar-refractivity contribution in [2.45, 2.75) is 12.8 Å². The summed E-state index contributed by atoms with van der Waals surface area (Å²) in [6.45, 7) is 0. The summed E-state index contributed by atoms with van der Waals surface area (Å²) in [5.41, 5.74) is 0. The fourth-order valence-corrected chi connectivity index (χ4v) is 1.02. The Morgan fingerprint density at radius 2 is 2.00 bits per heavy atom. The zero-order valence-corrected chi connectivity index (χ0v) is 7.32. The van der Waals surface area contributed by atoms with Crippen LogP contribution in [0.1, 0.15) is 12.8 Å². The van der Waals surface area contributed by atoms with Crippen LogP contribution in [-0.2, 0) is 14.4 Å². The molecule has 0 unspecified atom stereocenters. The van der Waals surface area contributed by atoms with Crippen molar-refractivity contribution in [3.8, 4) is 12.5 Å². The molecule has 5 nitrogen and oxygen atoms in total. The van der Waals surface area contributed by atoms with E-state index in [1.165, 1.54) is 0 Å². The Bertz CT molecular complexity index is 336. The number of imide groups is 1. The van der Waals surface area contributed by atoms with Crippen LogP contribution in [0.5, 0.6) is 0 Å². The number of amides is 3. The van der Waals surface area contributed by atoms with Gasteiger partial charge < -0.3 is 0 Å². The molecular weight excluding hydrogens is 184 g/mol. The summed E-state index contributed by atoms with van der Waals surface area (Å²) in [6, 6.07) is 1.93. The molecular formula is C9H8N2O3. The normalized spacial score (nSPS) is 16.1. The van der Waals surface area contributed by atoms with Gasteiger partial charge in [0.25, 0.3) is 5.91 Å². The van der Waals surface area contributed by atoms with Crippen molar-refractivity contribution in [2.24, 2.45) is 0 Å². The lowest BCUT2D eigenvalue weighted by atomic mass is 10.4. The lowest BCUT2D eigenvalue weighted by Crippen LogP contribution is -2.24. The van der Waals surface area contributed by atoms with Crippen LogP contribution in [0.3, 0.4) is 0 Å². The highest BCUT2D eigenvalue weighted by molar-refractivity contribution is 6.03. The molecule has 0 aliphatic carbocycles. The Morgan fingerprint density at radius 1 is 1.43 bits per heavy atom. The third-order valence-corrected chi connectivity index (χ3v) is 1.66. The molecule has 72 valence electrons. The number of carbonyl (C=O) groups is 3. The third-order valence-electron chi connectivity index (χ3n) is 1.66. The molecule has 0 atom stereocenters. The van der Waals surface area contributed by atoms with Crippen LogP contribution in [0.4, 0.5) is 0 Å². The van der Waals surface area contributed by atoms with E-state index < -0.39 is 5.91 Å². The summed E-state index contributed by atoms with van der Waals surface area (Å²) in [5, 5.41) is 2.05. The Balaban J connectivity index is 2.60. The van der Waals surface area contributed by atoms with Gasteiger partial charge in [-0.1, -0.05) is 6.42 Å². The van der Waals surface area contributed by atoms with E-state index in [1.807, 2.05) is 6.04 Å². The van der Waals surface area contributed by atoms with Crippen molar-refractivity contribution in [3.63, 3.8) is 0 Å². The number of terminal acetylenes is 1. The molecule has 1 aliphatic rings. The summed E-state index contributed by atoms with van der Waals surface area (Å²) in [5.74, 6) is -1.15. The fourth-order valence-electron chi connectivity index (χ4n) is 1.02. The quantitative estimate of drug-likeness (QED) is 0.274. The first-order chi connectivity index (χ1) is 6.65. The van der Waals surface area contributed by atoms with Gasteiger partial charge in [0, 0.05) is 31.2 Å². The summed E-state index contributed by atoms with van der Waals surface area (Å²) in [6.07, 6.45) is 7.37. The lowest BCUT2D eigenvalue weighted by molar-refractivity contribution is -0.135. The monoisotopic (exact) mass is 192 g/mol. The van der Waals surface area contributed by atoms with E-state index in [-0.39, 0.29) is 24.7 Å². The molecule has 1 N–H and O–H groups in total. The van der Waals surface area contributed by atoms with E-state index in [2.05, 4.69) is 5.32 Å². The first-order valence-corrected chi connectivity index (χ1v) is 3.94. The first-order valence-electron chi connectivity index (χ1n) is 3.94. The standard InChI is InChI=1S/C9H8N2O3/c1-2-10-7(12)5-6-11-8(13)3-4-9(11)14/h1,5-6H,3-4H2,(H,10,12)/b6-5-. The molecule has 0 aromatic rings. The van der Waals surface area contributed by atoms with E-state index in [9.17, 15) is 14.4 Å². The predicted octanol–water partition coefficient (Wildman–Crippen LogP) is -0.644. The van der Waals surface area contributed by atoms with Gasteiger partial charge in [-0.2, -0.15) is 0 Å². The lowest BCUT2D eigenvalue weighted by Gasteiger charge is -2.05. The maximum absolute atomic E-state index is 11.0. The molecule has 0 spiro atoms. The van der Waals surface area contributed by atoms with Crippen LogP contribution in [0.15, 0.2) is 12.3 Å². The molecule has 1 saturated heterocycles. The molecule has 14 heavy (non-hydrogen) atoms. The number of hydrogen-bond donors (Lipinski definition) is 1. The van der Waals surface area contributed by atoms with Crippen molar-refractivity contribution in [1.29, 1.82) is 0 Å². The minimum absolute atomic E-state index is 0.194. The SMILES string of the molecule is C#CNC(=O)/C=C\N1C(=O)CCC1=O. The van der Waals surface area contributed by atoms with Crippen LogP contribution >= 0.6 is 0 Å². The van der Waals surface area contributed by atoms with Gasteiger partial charge >= 0.3 is 0 Å². The second-order valence-corrected chi connectivity index (χ2v) is 2.61. The highest BCUT2D eigenvalue weighted by Gasteiger charge is 2.26. The highest BCUT2D eigenvalue weighted by atomic mass is 16.2. The van der Waals surface area contributed by atoms with Gasteiger partial charge in [-0.3, -0.25) is 24.6 Å².